The van der Waals surface area contributed by atoms with Gasteiger partial charge in [0, 0.05) is 22.2 Å². The van der Waals surface area contributed by atoms with E-state index in [1.807, 2.05) is 96.9 Å². The molecule has 2 aromatic heterocycles. The maximum absolute atomic E-state index is 14.3. The monoisotopic (exact) mass is 664 g/mol. The first kappa shape index (κ1) is 32.3. The number of rotatable bonds is 10. The summed E-state index contributed by atoms with van der Waals surface area (Å²) in [4.78, 5) is 34.0. The molecule has 1 atom stereocenters. The number of thiazole rings is 1. The maximum atomic E-state index is 14.3. The Hall–Kier alpha value is -4.67. The van der Waals surface area contributed by atoms with Crippen LogP contribution in [0.15, 0.2) is 105 Å². The Kier molecular flexibility index (Phi) is 9.60. The molecule has 0 saturated heterocycles. The minimum atomic E-state index is -0.673. The fraction of sp³-hybridized carbons (Fsp3) is 0.243. The number of allylic oxidation sites excluding steroid dienone is 1. The van der Waals surface area contributed by atoms with E-state index in [1.54, 1.807) is 30.2 Å². The predicted molar refractivity (Wildman–Crippen MR) is 188 cm³/mol. The van der Waals surface area contributed by atoms with Crippen molar-refractivity contribution < 1.29 is 14.3 Å². The number of ether oxygens (including phenoxy) is 2. The Labute approximate surface area is 281 Å². The highest BCUT2D eigenvalue weighted by atomic mass is 32.2. The van der Waals surface area contributed by atoms with Crippen LogP contribution in [0.25, 0.3) is 23.0 Å². The van der Waals surface area contributed by atoms with Gasteiger partial charge in [0.2, 0.25) is 0 Å². The number of fused-ring (bicyclic) bond motifs is 1. The molecule has 0 spiro atoms. The Morgan fingerprint density at radius 3 is 2.49 bits per heavy atom. The van der Waals surface area contributed by atoms with Gasteiger partial charge in [-0.2, -0.15) is 5.10 Å². The van der Waals surface area contributed by atoms with E-state index < -0.39 is 12.0 Å². The van der Waals surface area contributed by atoms with E-state index >= 15 is 0 Å². The molecule has 240 valence electrons. The minimum Gasteiger partial charge on any atom is -0.493 e. The zero-order valence-electron chi connectivity index (χ0n) is 27.0. The third-order valence-corrected chi connectivity index (χ3v) is 9.64. The molecule has 0 fully saturated rings. The second kappa shape index (κ2) is 14.0. The summed E-state index contributed by atoms with van der Waals surface area (Å²) < 4.78 is 15.3. The molecular formula is C37H36N4O4S2. The van der Waals surface area contributed by atoms with Crippen molar-refractivity contribution in [1.29, 1.82) is 0 Å². The van der Waals surface area contributed by atoms with Crippen molar-refractivity contribution in [3.05, 3.63) is 127 Å². The molecule has 3 aromatic carbocycles. The molecule has 0 aliphatic carbocycles. The summed E-state index contributed by atoms with van der Waals surface area (Å²) in [5.41, 5.74) is 5.80. The van der Waals surface area contributed by atoms with Crippen LogP contribution in [-0.4, -0.2) is 39.8 Å². The third kappa shape index (κ3) is 6.48. The summed E-state index contributed by atoms with van der Waals surface area (Å²) >= 11 is 2.93. The highest BCUT2D eigenvalue weighted by Crippen LogP contribution is 2.32. The van der Waals surface area contributed by atoms with Gasteiger partial charge in [0.15, 0.2) is 4.80 Å². The standard InChI is InChI=1S/C37H36N4O4S2/c1-6-19-45-30-18-15-26(20-23(30)3)33-27(22-40(39-33)28-11-9-8-10-12-28)21-31-35(42)41-34(25-13-16-29(46-5)17-14-25)32(36(43)44-7-2)24(4)38-37(41)47-31/h8-18,20-22,34H,6-7,19H2,1-5H3. The number of nitrogens with zero attached hydrogens (tertiary/aromatic N) is 4. The van der Waals surface area contributed by atoms with Crippen LogP contribution in [-0.2, 0) is 9.53 Å². The van der Waals surface area contributed by atoms with Gasteiger partial charge in [-0.1, -0.05) is 48.6 Å². The van der Waals surface area contributed by atoms with E-state index in [0.717, 1.165) is 50.7 Å². The Morgan fingerprint density at radius 1 is 1.04 bits per heavy atom. The molecule has 0 amide bonds. The topological polar surface area (TPSA) is 87.7 Å². The molecule has 3 heterocycles. The first-order valence-corrected chi connectivity index (χ1v) is 17.6. The molecule has 1 aliphatic heterocycles. The van der Waals surface area contributed by atoms with Gasteiger partial charge in [-0.25, -0.2) is 14.5 Å². The van der Waals surface area contributed by atoms with Gasteiger partial charge in [0.1, 0.15) is 11.4 Å². The molecule has 5 aromatic rings. The van der Waals surface area contributed by atoms with Crippen LogP contribution in [0.3, 0.4) is 0 Å². The van der Waals surface area contributed by atoms with Crippen molar-refractivity contribution in [3.8, 4) is 22.7 Å². The predicted octanol–water partition coefficient (Wildman–Crippen LogP) is 6.47. The third-order valence-electron chi connectivity index (χ3n) is 7.91. The summed E-state index contributed by atoms with van der Waals surface area (Å²) in [5.74, 6) is 0.362. The van der Waals surface area contributed by atoms with E-state index in [2.05, 4.69) is 13.0 Å². The number of hydrogen-bond donors (Lipinski definition) is 0. The highest BCUT2D eigenvalue weighted by molar-refractivity contribution is 7.98. The smallest absolute Gasteiger partial charge is 0.338 e. The normalized spacial score (nSPS) is 14.6. The Balaban J connectivity index is 1.53. The van der Waals surface area contributed by atoms with Crippen molar-refractivity contribution in [2.75, 3.05) is 19.5 Å². The summed E-state index contributed by atoms with van der Waals surface area (Å²) in [6.07, 6.45) is 6.75. The lowest BCUT2D eigenvalue weighted by atomic mass is 9.96. The van der Waals surface area contributed by atoms with E-state index in [4.69, 9.17) is 19.6 Å². The molecule has 1 unspecified atom stereocenters. The van der Waals surface area contributed by atoms with Crippen molar-refractivity contribution in [2.24, 2.45) is 4.99 Å². The molecule has 0 N–H and O–H groups in total. The minimum absolute atomic E-state index is 0.220. The van der Waals surface area contributed by atoms with Crippen LogP contribution in [0.2, 0.25) is 0 Å². The first-order chi connectivity index (χ1) is 22.8. The highest BCUT2D eigenvalue weighted by Gasteiger charge is 2.33. The molecule has 0 bridgehead atoms. The van der Waals surface area contributed by atoms with Gasteiger partial charge in [-0.05, 0) is 93.1 Å². The lowest BCUT2D eigenvalue weighted by Crippen LogP contribution is -2.39. The van der Waals surface area contributed by atoms with Crippen LogP contribution in [0, 0.1) is 6.92 Å². The van der Waals surface area contributed by atoms with Gasteiger partial charge in [0.05, 0.1) is 40.7 Å². The van der Waals surface area contributed by atoms with Crippen LogP contribution in [0.1, 0.15) is 49.9 Å². The largest absolute Gasteiger partial charge is 0.493 e. The van der Waals surface area contributed by atoms with E-state index in [9.17, 15) is 9.59 Å². The quantitative estimate of drug-likeness (QED) is 0.126. The van der Waals surface area contributed by atoms with Crippen LogP contribution < -0.4 is 19.6 Å². The van der Waals surface area contributed by atoms with Crippen molar-refractivity contribution >= 4 is 35.1 Å². The Morgan fingerprint density at radius 2 is 1.81 bits per heavy atom. The second-order valence-electron chi connectivity index (χ2n) is 11.1. The number of aryl methyl sites for hydroxylation is 1. The molecule has 8 nitrogen and oxygen atoms in total. The molecule has 0 radical (unpaired) electrons. The lowest BCUT2D eigenvalue weighted by Gasteiger charge is -2.24. The second-order valence-corrected chi connectivity index (χ2v) is 13.0. The fourth-order valence-corrected chi connectivity index (χ4v) is 7.08. The summed E-state index contributed by atoms with van der Waals surface area (Å²) in [6.45, 7) is 8.54. The van der Waals surface area contributed by atoms with Crippen molar-refractivity contribution in [2.45, 2.75) is 45.1 Å². The lowest BCUT2D eigenvalue weighted by molar-refractivity contribution is -0.139. The van der Waals surface area contributed by atoms with Gasteiger partial charge >= 0.3 is 5.97 Å². The van der Waals surface area contributed by atoms with E-state index in [-0.39, 0.29) is 12.2 Å². The molecular weight excluding hydrogens is 629 g/mol. The van der Waals surface area contributed by atoms with Gasteiger partial charge in [-0.3, -0.25) is 9.36 Å². The zero-order valence-corrected chi connectivity index (χ0v) is 28.7. The average Bonchev–Trinajstić information content (AvgIpc) is 3.64. The van der Waals surface area contributed by atoms with Gasteiger partial charge < -0.3 is 9.47 Å². The molecule has 47 heavy (non-hydrogen) atoms. The van der Waals surface area contributed by atoms with Crippen LogP contribution in [0.4, 0.5) is 0 Å². The zero-order chi connectivity index (χ0) is 33.1. The number of carbonyl (C=O) groups excluding carboxylic acids is 1. The number of hydrogen-bond acceptors (Lipinski definition) is 8. The fourth-order valence-electron chi connectivity index (χ4n) is 5.64. The number of aromatic nitrogens is 3. The summed E-state index contributed by atoms with van der Waals surface area (Å²) in [7, 11) is 0. The first-order valence-electron chi connectivity index (χ1n) is 15.6. The number of esters is 1. The SMILES string of the molecule is CCCOc1ccc(-c2nn(-c3ccccc3)cc2C=c2sc3n(c2=O)C(c2ccc(SC)cc2)C(C(=O)OCC)=C(C)N=3)cc1C. The summed E-state index contributed by atoms with van der Waals surface area (Å²) in [6, 6.07) is 23.2. The van der Waals surface area contributed by atoms with Crippen molar-refractivity contribution in [3.63, 3.8) is 0 Å². The molecule has 10 heteroatoms. The average molecular weight is 665 g/mol. The van der Waals surface area contributed by atoms with Gasteiger partial charge in [-0.15, -0.1) is 11.8 Å². The Bertz CT molecular complexity index is 2140. The number of thioether (sulfide) groups is 1. The molecule has 1 aliphatic rings. The van der Waals surface area contributed by atoms with Crippen LogP contribution in [0.5, 0.6) is 5.75 Å². The number of para-hydroxylation sites is 1. The summed E-state index contributed by atoms with van der Waals surface area (Å²) in [5, 5.41) is 4.98. The molecule has 0 saturated carbocycles. The van der Waals surface area contributed by atoms with Crippen LogP contribution >= 0.6 is 23.1 Å². The van der Waals surface area contributed by atoms with E-state index in [0.29, 0.717) is 27.2 Å². The number of carbonyl (C=O) groups is 1. The van der Waals surface area contributed by atoms with E-state index in [1.165, 1.54) is 11.3 Å². The van der Waals surface area contributed by atoms with Crippen molar-refractivity contribution in [1.82, 2.24) is 14.3 Å². The van der Waals surface area contributed by atoms with Gasteiger partial charge in [0.25, 0.3) is 5.56 Å². The maximum Gasteiger partial charge on any atom is 0.338 e. The number of benzene rings is 3. The molecule has 6 rings (SSSR count).